The van der Waals surface area contributed by atoms with Gasteiger partial charge in [0.05, 0.1) is 22.0 Å². The summed E-state index contributed by atoms with van der Waals surface area (Å²) >= 11 is 0. The molecule has 0 aliphatic heterocycles. The van der Waals surface area contributed by atoms with Gasteiger partial charge >= 0.3 is 5.97 Å². The van der Waals surface area contributed by atoms with E-state index in [0.717, 1.165) is 0 Å². The summed E-state index contributed by atoms with van der Waals surface area (Å²) in [6.45, 7) is 1.65. The Kier molecular flexibility index (Phi) is 4.46. The third-order valence-electron chi connectivity index (χ3n) is 3.45. The van der Waals surface area contributed by atoms with E-state index in [1.807, 2.05) is 0 Å². The van der Waals surface area contributed by atoms with Gasteiger partial charge in [0.25, 0.3) is 5.69 Å². The molecule has 0 atom stereocenters. The van der Waals surface area contributed by atoms with Gasteiger partial charge in [0, 0.05) is 18.3 Å². The normalized spacial score (nSPS) is 10.4. The molecule has 0 fully saturated rings. The zero-order valence-electron chi connectivity index (χ0n) is 13.2. The number of benzene rings is 1. The van der Waals surface area contributed by atoms with Crippen LogP contribution in [0.25, 0.3) is 5.69 Å². The first-order valence-corrected chi connectivity index (χ1v) is 7.30. The Morgan fingerprint density at radius 2 is 2.12 bits per heavy atom. The number of nitro benzene ring substituents is 1. The number of pyridine rings is 1. The van der Waals surface area contributed by atoms with Crippen molar-refractivity contribution in [1.29, 1.82) is 0 Å². The van der Waals surface area contributed by atoms with Crippen molar-refractivity contribution in [2.45, 2.75) is 13.5 Å². The summed E-state index contributed by atoms with van der Waals surface area (Å²) in [4.78, 5) is 26.6. The highest BCUT2D eigenvalue weighted by atomic mass is 16.6. The molecule has 3 rings (SSSR count). The van der Waals surface area contributed by atoms with Crippen molar-refractivity contribution in [2.75, 3.05) is 0 Å². The first kappa shape index (κ1) is 16.2. The van der Waals surface area contributed by atoms with E-state index in [2.05, 4.69) is 15.3 Å². The summed E-state index contributed by atoms with van der Waals surface area (Å²) in [6, 6.07) is 11.2. The van der Waals surface area contributed by atoms with Crippen molar-refractivity contribution < 1.29 is 14.5 Å². The molecule has 0 saturated heterocycles. The van der Waals surface area contributed by atoms with E-state index in [4.69, 9.17) is 4.74 Å². The third-order valence-corrected chi connectivity index (χ3v) is 3.45. The third kappa shape index (κ3) is 3.50. The van der Waals surface area contributed by atoms with Crippen LogP contribution in [0.2, 0.25) is 0 Å². The Morgan fingerprint density at radius 3 is 2.84 bits per heavy atom. The molecule has 0 radical (unpaired) electrons. The molecule has 0 aliphatic carbocycles. The summed E-state index contributed by atoms with van der Waals surface area (Å²) in [5.74, 6) is -0.639. The van der Waals surface area contributed by atoms with Crippen molar-refractivity contribution in [3.05, 3.63) is 75.9 Å². The minimum atomic E-state index is -0.639. The fourth-order valence-electron chi connectivity index (χ4n) is 2.19. The first-order valence-electron chi connectivity index (χ1n) is 7.30. The summed E-state index contributed by atoms with van der Waals surface area (Å²) in [5, 5.41) is 18.6. The highest BCUT2D eigenvalue weighted by Gasteiger charge is 2.20. The summed E-state index contributed by atoms with van der Waals surface area (Å²) in [6.07, 6.45) is 1.60. The second-order valence-electron chi connectivity index (χ2n) is 5.11. The van der Waals surface area contributed by atoms with Crippen LogP contribution in [0.4, 0.5) is 5.69 Å². The number of carbonyl (C=O) groups is 1. The van der Waals surface area contributed by atoms with Gasteiger partial charge < -0.3 is 4.74 Å². The summed E-state index contributed by atoms with van der Waals surface area (Å²) < 4.78 is 6.53. The number of nitro groups is 1. The van der Waals surface area contributed by atoms with Crippen LogP contribution >= 0.6 is 0 Å². The van der Waals surface area contributed by atoms with E-state index in [-0.39, 0.29) is 18.0 Å². The smallest absolute Gasteiger partial charge is 0.361 e. The van der Waals surface area contributed by atoms with Gasteiger partial charge in [-0.1, -0.05) is 17.3 Å². The minimum Gasteiger partial charge on any atom is -0.454 e. The highest BCUT2D eigenvalue weighted by molar-refractivity contribution is 5.88. The van der Waals surface area contributed by atoms with Gasteiger partial charge in [-0.05, 0) is 25.1 Å². The first-order chi connectivity index (χ1) is 12.1. The van der Waals surface area contributed by atoms with Gasteiger partial charge in [0.2, 0.25) is 0 Å². The Morgan fingerprint density at radius 1 is 1.28 bits per heavy atom. The monoisotopic (exact) mass is 339 g/mol. The number of esters is 1. The average Bonchev–Trinajstić information content (AvgIpc) is 3.02. The number of ether oxygens (including phenoxy) is 1. The Balaban J connectivity index is 1.80. The molecule has 0 spiro atoms. The van der Waals surface area contributed by atoms with E-state index in [1.54, 1.807) is 37.4 Å². The number of hydrogen-bond acceptors (Lipinski definition) is 7. The van der Waals surface area contributed by atoms with Crippen molar-refractivity contribution in [3.63, 3.8) is 0 Å². The Labute approximate surface area is 142 Å². The second kappa shape index (κ2) is 6.87. The fraction of sp³-hybridized carbons (Fsp3) is 0.125. The molecule has 0 aliphatic rings. The number of non-ortho nitro benzene ring substituents is 1. The number of aromatic nitrogens is 4. The molecule has 25 heavy (non-hydrogen) atoms. The quantitative estimate of drug-likeness (QED) is 0.398. The Hall–Kier alpha value is -3.62. The fourth-order valence-corrected chi connectivity index (χ4v) is 2.19. The number of hydrogen-bond donors (Lipinski definition) is 0. The molecule has 0 bridgehead atoms. The lowest BCUT2D eigenvalue weighted by Crippen LogP contribution is -2.09. The van der Waals surface area contributed by atoms with Crippen LogP contribution in [0, 0.1) is 17.0 Å². The van der Waals surface area contributed by atoms with Crippen LogP contribution in [-0.2, 0) is 11.3 Å². The molecule has 0 N–H and O–H groups in total. The van der Waals surface area contributed by atoms with Crippen molar-refractivity contribution >= 4 is 11.7 Å². The van der Waals surface area contributed by atoms with Crippen LogP contribution in [0.3, 0.4) is 0 Å². The predicted octanol–water partition coefficient (Wildman–Crippen LogP) is 2.24. The molecule has 3 aromatic rings. The van der Waals surface area contributed by atoms with Crippen molar-refractivity contribution in [3.8, 4) is 5.69 Å². The van der Waals surface area contributed by atoms with Crippen LogP contribution in [0.5, 0.6) is 0 Å². The minimum absolute atomic E-state index is 0.0166. The van der Waals surface area contributed by atoms with Gasteiger partial charge in [-0.15, -0.1) is 5.10 Å². The molecule has 0 amide bonds. The average molecular weight is 339 g/mol. The SMILES string of the molecule is Cc1c(C(=O)OCc2ccccn2)nnn1-c1cccc([N+](=O)[O-])c1. The molecule has 0 saturated carbocycles. The maximum Gasteiger partial charge on any atom is 0.361 e. The molecule has 0 unspecified atom stereocenters. The van der Waals surface area contributed by atoms with Gasteiger partial charge in [-0.3, -0.25) is 15.1 Å². The predicted molar refractivity (Wildman–Crippen MR) is 86.1 cm³/mol. The van der Waals surface area contributed by atoms with E-state index in [1.165, 1.54) is 22.9 Å². The Bertz CT molecular complexity index is 923. The molecule has 2 heterocycles. The molecular weight excluding hydrogens is 326 g/mol. The van der Waals surface area contributed by atoms with Crippen LogP contribution in [0.15, 0.2) is 48.7 Å². The number of nitrogens with zero attached hydrogens (tertiary/aromatic N) is 5. The largest absolute Gasteiger partial charge is 0.454 e. The lowest BCUT2D eigenvalue weighted by Gasteiger charge is -2.04. The van der Waals surface area contributed by atoms with Crippen LogP contribution in [-0.4, -0.2) is 30.9 Å². The molecule has 9 heteroatoms. The summed E-state index contributed by atoms with van der Waals surface area (Å²) in [5.41, 5.74) is 1.43. The molecule has 9 nitrogen and oxygen atoms in total. The van der Waals surface area contributed by atoms with E-state index in [0.29, 0.717) is 17.1 Å². The number of rotatable bonds is 5. The zero-order valence-corrected chi connectivity index (χ0v) is 13.2. The molecule has 126 valence electrons. The topological polar surface area (TPSA) is 113 Å². The van der Waals surface area contributed by atoms with Gasteiger partial charge in [0.15, 0.2) is 5.69 Å². The lowest BCUT2D eigenvalue weighted by atomic mass is 10.2. The van der Waals surface area contributed by atoms with Crippen molar-refractivity contribution in [1.82, 2.24) is 20.0 Å². The van der Waals surface area contributed by atoms with Gasteiger partial charge in [-0.2, -0.15) is 0 Å². The molecule has 2 aromatic heterocycles. The maximum absolute atomic E-state index is 12.2. The second-order valence-corrected chi connectivity index (χ2v) is 5.11. The van der Waals surface area contributed by atoms with Gasteiger partial charge in [0.1, 0.15) is 6.61 Å². The zero-order chi connectivity index (χ0) is 17.8. The standard InChI is InChI=1S/C16H13N5O4/c1-11-15(16(22)25-10-12-5-2-3-8-17-12)18-19-20(11)13-6-4-7-14(9-13)21(23)24/h2-9H,10H2,1H3. The van der Waals surface area contributed by atoms with Gasteiger partial charge in [-0.25, -0.2) is 9.48 Å². The van der Waals surface area contributed by atoms with E-state index in [9.17, 15) is 14.9 Å². The number of carbonyl (C=O) groups excluding carboxylic acids is 1. The van der Waals surface area contributed by atoms with Crippen LogP contribution in [0.1, 0.15) is 21.9 Å². The lowest BCUT2D eigenvalue weighted by molar-refractivity contribution is -0.384. The molecule has 1 aromatic carbocycles. The van der Waals surface area contributed by atoms with Crippen molar-refractivity contribution in [2.24, 2.45) is 0 Å². The highest BCUT2D eigenvalue weighted by Crippen LogP contribution is 2.18. The van der Waals surface area contributed by atoms with Crippen LogP contribution < -0.4 is 0 Å². The summed E-state index contributed by atoms with van der Waals surface area (Å²) in [7, 11) is 0. The molecular formula is C16H13N5O4. The van der Waals surface area contributed by atoms with E-state index >= 15 is 0 Å². The van der Waals surface area contributed by atoms with E-state index < -0.39 is 10.9 Å². The maximum atomic E-state index is 12.2.